The molecule has 2 rings (SSSR count). The van der Waals surface area contributed by atoms with E-state index in [1.165, 1.54) is 0 Å². The molecule has 1 unspecified atom stereocenters. The Labute approximate surface area is 113 Å². The number of rotatable bonds is 5. The number of nitrogens with zero attached hydrogens (tertiary/aromatic N) is 1. The van der Waals surface area contributed by atoms with Crippen molar-refractivity contribution in [3.8, 4) is 0 Å². The molecule has 5 heteroatoms. The van der Waals surface area contributed by atoms with E-state index in [1.54, 1.807) is 12.3 Å². The topological polar surface area (TPSA) is 66.5 Å². The number of carbonyl (C=O) groups excluding carboxylic acids is 1. The molecule has 0 bridgehead atoms. The number of anilines is 1. The molecule has 1 fully saturated rings. The summed E-state index contributed by atoms with van der Waals surface area (Å²) in [5.41, 5.74) is 6.85. The monoisotopic (exact) mass is 266 g/mol. The van der Waals surface area contributed by atoms with Gasteiger partial charge in [-0.2, -0.15) is 0 Å². The number of aromatic nitrogens is 1. The molecule has 0 aliphatic carbocycles. The fourth-order valence-corrected chi connectivity index (χ4v) is 2.31. The second kappa shape index (κ2) is 6.61. The van der Waals surface area contributed by atoms with Crippen LogP contribution in [0.4, 0.5) is 5.69 Å². The molecular weight excluding hydrogens is 244 g/mol. The van der Waals surface area contributed by atoms with E-state index in [9.17, 15) is 4.79 Å². The van der Waals surface area contributed by atoms with E-state index in [0.717, 1.165) is 38.8 Å². The third-order valence-electron chi connectivity index (χ3n) is 3.27. The van der Waals surface area contributed by atoms with E-state index in [4.69, 9.17) is 15.2 Å². The van der Waals surface area contributed by atoms with Gasteiger partial charge in [0.1, 0.15) is 12.3 Å². The minimum Gasteiger partial charge on any atom is -0.458 e. The third kappa shape index (κ3) is 3.73. The normalized spacial score (nSPS) is 19.3. The van der Waals surface area contributed by atoms with Gasteiger partial charge in [-0.15, -0.1) is 0 Å². The predicted octanol–water partition coefficient (Wildman–Crippen LogP) is 2.21. The number of nitrogen functional groups attached to an aromatic ring is 1. The fourth-order valence-electron chi connectivity index (χ4n) is 2.31. The first-order chi connectivity index (χ1) is 9.20. The summed E-state index contributed by atoms with van der Waals surface area (Å²) in [6.45, 7) is 3.92. The van der Waals surface area contributed by atoms with Gasteiger partial charge in [0.15, 0.2) is 0 Å². The summed E-state index contributed by atoms with van der Waals surface area (Å²) in [7, 11) is 0. The molecule has 2 N–H and O–H groups in total. The number of nitrogens with two attached hydrogens (primary N) is 1. The Kier molecular flexibility index (Phi) is 4.85. The van der Waals surface area contributed by atoms with Gasteiger partial charge in [0.05, 0.1) is 11.8 Å². The molecule has 0 amide bonds. The van der Waals surface area contributed by atoms with Crippen LogP contribution in [0.2, 0.25) is 0 Å². The number of aryl methyl sites for hydroxylation is 1. The Bertz CT molecular complexity index is 422. The zero-order valence-electron chi connectivity index (χ0n) is 11.4. The molecule has 106 valence electrons. The minimum atomic E-state index is -0.320. The molecule has 0 aromatic carbocycles. The van der Waals surface area contributed by atoms with Gasteiger partial charge in [0.2, 0.25) is 0 Å². The molecule has 1 aromatic rings. The van der Waals surface area contributed by atoms with Gasteiger partial charge >= 0.3 is 5.97 Å². The van der Waals surface area contributed by atoms with Crippen molar-refractivity contribution in [2.24, 2.45) is 0 Å². The van der Waals surface area contributed by atoms with Crippen LogP contribution >= 0.6 is 0 Å². The molecule has 5 nitrogen and oxygen atoms in total. The van der Waals surface area contributed by atoms with Crippen molar-refractivity contribution in [1.29, 1.82) is 0 Å². The molecule has 2 heterocycles. The number of carbonyl (C=O) groups is 1. The lowest BCUT2D eigenvalue weighted by Crippen LogP contribution is -2.26. The maximum absolute atomic E-state index is 12.0. The van der Waals surface area contributed by atoms with E-state index in [2.05, 4.69) is 6.92 Å². The van der Waals surface area contributed by atoms with Gasteiger partial charge < -0.3 is 19.8 Å². The summed E-state index contributed by atoms with van der Waals surface area (Å²) in [4.78, 5) is 12.0. The Morgan fingerprint density at radius 3 is 3.11 bits per heavy atom. The molecule has 0 spiro atoms. The zero-order valence-corrected chi connectivity index (χ0v) is 11.4. The van der Waals surface area contributed by atoms with Gasteiger partial charge in [0.25, 0.3) is 0 Å². The first-order valence-corrected chi connectivity index (χ1v) is 6.95. The Balaban J connectivity index is 1.91. The summed E-state index contributed by atoms with van der Waals surface area (Å²) >= 11 is 0. The highest BCUT2D eigenvalue weighted by atomic mass is 16.6. The molecule has 1 aliphatic rings. The first kappa shape index (κ1) is 13.9. The lowest BCUT2D eigenvalue weighted by Gasteiger charge is -2.22. The molecular formula is C14H22N2O3. The number of esters is 1. The lowest BCUT2D eigenvalue weighted by molar-refractivity contribution is -0.0304. The van der Waals surface area contributed by atoms with E-state index < -0.39 is 0 Å². The summed E-state index contributed by atoms with van der Waals surface area (Å²) in [5, 5.41) is 0. The van der Waals surface area contributed by atoms with Crippen molar-refractivity contribution in [3.05, 3.63) is 18.0 Å². The van der Waals surface area contributed by atoms with Crippen LogP contribution < -0.4 is 5.73 Å². The first-order valence-electron chi connectivity index (χ1n) is 6.95. The van der Waals surface area contributed by atoms with Crippen molar-refractivity contribution in [2.75, 3.05) is 18.9 Å². The van der Waals surface area contributed by atoms with Crippen molar-refractivity contribution in [2.45, 2.75) is 45.3 Å². The predicted molar refractivity (Wildman–Crippen MR) is 73.0 cm³/mol. The van der Waals surface area contributed by atoms with Crippen molar-refractivity contribution in [3.63, 3.8) is 0 Å². The van der Waals surface area contributed by atoms with E-state index >= 15 is 0 Å². The average molecular weight is 266 g/mol. The Hall–Kier alpha value is -1.49. The van der Waals surface area contributed by atoms with E-state index in [-0.39, 0.29) is 12.1 Å². The quantitative estimate of drug-likeness (QED) is 0.830. The van der Waals surface area contributed by atoms with Crippen molar-refractivity contribution in [1.82, 2.24) is 4.57 Å². The average Bonchev–Trinajstić information content (AvgIpc) is 2.79. The summed E-state index contributed by atoms with van der Waals surface area (Å²) in [6, 6.07) is 1.67. The lowest BCUT2D eigenvalue weighted by atomic mass is 10.1. The van der Waals surface area contributed by atoms with Crippen molar-refractivity contribution < 1.29 is 14.3 Å². The molecule has 1 aromatic heterocycles. The second-order valence-electron chi connectivity index (χ2n) is 4.94. The van der Waals surface area contributed by atoms with Crippen LogP contribution in [0.25, 0.3) is 0 Å². The molecule has 1 atom stereocenters. The van der Waals surface area contributed by atoms with Crippen LogP contribution in [-0.2, 0) is 16.0 Å². The van der Waals surface area contributed by atoms with Gasteiger partial charge in [-0.05, 0) is 31.7 Å². The van der Waals surface area contributed by atoms with Gasteiger partial charge in [-0.3, -0.25) is 0 Å². The van der Waals surface area contributed by atoms with Crippen LogP contribution in [0.1, 0.15) is 43.1 Å². The summed E-state index contributed by atoms with van der Waals surface area (Å²) < 4.78 is 12.7. The SMILES string of the molecule is CCCn1cc(N)cc1C(=O)OCC1CCCCO1. The maximum Gasteiger partial charge on any atom is 0.355 e. The van der Waals surface area contributed by atoms with Gasteiger partial charge in [-0.25, -0.2) is 4.79 Å². The highest BCUT2D eigenvalue weighted by Crippen LogP contribution is 2.16. The minimum absolute atomic E-state index is 0.0460. The Morgan fingerprint density at radius 1 is 1.58 bits per heavy atom. The van der Waals surface area contributed by atoms with Gasteiger partial charge in [0, 0.05) is 19.3 Å². The zero-order chi connectivity index (χ0) is 13.7. The largest absolute Gasteiger partial charge is 0.458 e. The molecule has 0 saturated carbocycles. The molecule has 1 aliphatic heterocycles. The van der Waals surface area contributed by atoms with Crippen LogP contribution in [0.5, 0.6) is 0 Å². The molecule has 1 saturated heterocycles. The molecule has 0 radical (unpaired) electrons. The molecule has 19 heavy (non-hydrogen) atoms. The van der Waals surface area contributed by atoms with Crippen LogP contribution in [0.3, 0.4) is 0 Å². The summed E-state index contributed by atoms with van der Waals surface area (Å²) in [5.74, 6) is -0.320. The summed E-state index contributed by atoms with van der Waals surface area (Å²) in [6.07, 6.45) is 5.97. The number of hydrogen-bond donors (Lipinski definition) is 1. The fraction of sp³-hybridized carbons (Fsp3) is 0.643. The standard InChI is InChI=1S/C14H22N2O3/c1-2-6-16-9-11(15)8-13(16)14(17)19-10-12-5-3-4-7-18-12/h8-9,12H,2-7,10,15H2,1H3. The van der Waals surface area contributed by atoms with Crippen LogP contribution in [0, 0.1) is 0 Å². The van der Waals surface area contributed by atoms with Crippen molar-refractivity contribution >= 4 is 11.7 Å². The number of hydrogen-bond acceptors (Lipinski definition) is 4. The number of ether oxygens (including phenoxy) is 2. The van der Waals surface area contributed by atoms with Crippen LogP contribution in [-0.4, -0.2) is 29.9 Å². The Morgan fingerprint density at radius 2 is 2.42 bits per heavy atom. The van der Waals surface area contributed by atoms with E-state index in [0.29, 0.717) is 18.0 Å². The highest BCUT2D eigenvalue weighted by Gasteiger charge is 2.19. The van der Waals surface area contributed by atoms with Gasteiger partial charge in [-0.1, -0.05) is 6.92 Å². The highest BCUT2D eigenvalue weighted by molar-refractivity contribution is 5.89. The maximum atomic E-state index is 12.0. The third-order valence-corrected chi connectivity index (χ3v) is 3.27. The van der Waals surface area contributed by atoms with E-state index in [1.807, 2.05) is 4.57 Å². The smallest absolute Gasteiger partial charge is 0.355 e. The second-order valence-corrected chi connectivity index (χ2v) is 4.94. The van der Waals surface area contributed by atoms with Crippen LogP contribution in [0.15, 0.2) is 12.3 Å².